The molecule has 1 aromatic carbocycles. The maximum Gasteiger partial charge on any atom is 0.404 e. The average molecular weight is 562 g/mol. The third-order valence-electron chi connectivity index (χ3n) is 8.13. The van der Waals surface area contributed by atoms with Gasteiger partial charge in [0.2, 0.25) is 5.91 Å². The molecular formula is C27H30F3N5O3S. The maximum absolute atomic E-state index is 13.3. The number of carbonyl (C=O) groups is 1. The lowest BCUT2D eigenvalue weighted by Crippen LogP contribution is -2.53. The molecule has 3 aromatic rings. The maximum atomic E-state index is 13.3. The number of benzene rings is 1. The Bertz CT molecular complexity index is 1330. The Kier molecular flexibility index (Phi) is 7.30. The van der Waals surface area contributed by atoms with Crippen molar-refractivity contribution in [3.05, 3.63) is 36.4 Å². The first kappa shape index (κ1) is 26.5. The quantitative estimate of drug-likeness (QED) is 0.422. The van der Waals surface area contributed by atoms with Crippen molar-refractivity contribution in [3.63, 3.8) is 0 Å². The van der Waals surface area contributed by atoms with E-state index in [1.807, 2.05) is 18.2 Å². The molecule has 3 heterocycles. The van der Waals surface area contributed by atoms with Gasteiger partial charge in [-0.3, -0.25) is 9.69 Å². The lowest BCUT2D eigenvalue weighted by Gasteiger charge is -2.43. The van der Waals surface area contributed by atoms with Gasteiger partial charge in [0.25, 0.3) is 0 Å². The molecule has 3 atom stereocenters. The standard InChI is InChI=1S/C27H30F3N5O3S/c28-27(29,30)23-5-2-8-35(23)18-9-16(10-18)25(37)34-26-33-19-7-6-15(11-22(19)39-26)17-12-31-24(32-13-17)14-38-21-4-1-3-20(21)36/h6-7,11-13,16,18,20-21,23,36H,1-5,8-10,14H2,(H,33,34,37)/t16?,18?,20-,21-,23-/m0/s1. The molecule has 2 saturated carbocycles. The number of nitrogens with zero attached hydrogens (tertiary/aromatic N) is 4. The lowest BCUT2D eigenvalue weighted by molar-refractivity contribution is -0.186. The summed E-state index contributed by atoms with van der Waals surface area (Å²) in [7, 11) is 0. The summed E-state index contributed by atoms with van der Waals surface area (Å²) in [6.45, 7) is 0.692. The summed E-state index contributed by atoms with van der Waals surface area (Å²) in [6.07, 6.45) is 2.81. The van der Waals surface area contributed by atoms with E-state index in [0.29, 0.717) is 36.8 Å². The second-order valence-corrected chi connectivity index (χ2v) is 11.7. The fourth-order valence-corrected chi connectivity index (χ4v) is 6.78. The third kappa shape index (κ3) is 5.65. The fourth-order valence-electron chi connectivity index (χ4n) is 5.88. The first-order chi connectivity index (χ1) is 18.7. The van der Waals surface area contributed by atoms with Crippen LogP contribution in [-0.2, 0) is 16.1 Å². The van der Waals surface area contributed by atoms with E-state index in [0.717, 1.165) is 40.6 Å². The van der Waals surface area contributed by atoms with E-state index in [1.54, 1.807) is 12.4 Å². The number of hydrogen-bond acceptors (Lipinski definition) is 8. The number of alkyl halides is 3. The molecule has 3 fully saturated rings. The fraction of sp³-hybridized carbons (Fsp3) is 0.556. The zero-order valence-corrected chi connectivity index (χ0v) is 22.0. The number of rotatable bonds is 7. The molecule has 1 saturated heterocycles. The highest BCUT2D eigenvalue weighted by molar-refractivity contribution is 7.22. The smallest absolute Gasteiger partial charge is 0.390 e. The molecule has 0 bridgehead atoms. The van der Waals surface area contributed by atoms with Crippen molar-refractivity contribution in [2.24, 2.45) is 5.92 Å². The topological polar surface area (TPSA) is 100 Å². The van der Waals surface area contributed by atoms with E-state index < -0.39 is 18.3 Å². The summed E-state index contributed by atoms with van der Waals surface area (Å²) in [5, 5.41) is 13.2. The van der Waals surface area contributed by atoms with Crippen LogP contribution in [-0.4, -0.2) is 67.9 Å². The summed E-state index contributed by atoms with van der Waals surface area (Å²) in [6, 6.07) is 4.18. The van der Waals surface area contributed by atoms with Gasteiger partial charge in [-0.15, -0.1) is 0 Å². The number of fused-ring (bicyclic) bond motifs is 1. The van der Waals surface area contributed by atoms with Crippen molar-refractivity contribution >= 4 is 32.6 Å². The number of aromatic nitrogens is 3. The Labute approximate surface area is 227 Å². The van der Waals surface area contributed by atoms with Gasteiger partial charge in [0.15, 0.2) is 11.0 Å². The normalized spacial score (nSPS) is 27.6. The van der Waals surface area contributed by atoms with Crippen LogP contribution in [0.5, 0.6) is 0 Å². The van der Waals surface area contributed by atoms with E-state index in [1.165, 1.54) is 16.2 Å². The van der Waals surface area contributed by atoms with E-state index in [9.17, 15) is 23.1 Å². The minimum absolute atomic E-state index is 0.140. The van der Waals surface area contributed by atoms with Crippen LogP contribution in [0, 0.1) is 5.92 Å². The van der Waals surface area contributed by atoms with Crippen molar-refractivity contribution in [1.82, 2.24) is 19.9 Å². The molecule has 6 rings (SSSR count). The lowest BCUT2D eigenvalue weighted by atomic mass is 9.78. The minimum Gasteiger partial charge on any atom is -0.390 e. The van der Waals surface area contributed by atoms with Gasteiger partial charge in [0.05, 0.1) is 22.4 Å². The molecule has 0 unspecified atom stereocenters. The molecular weight excluding hydrogens is 531 g/mol. The largest absolute Gasteiger partial charge is 0.404 e. The van der Waals surface area contributed by atoms with Gasteiger partial charge in [0.1, 0.15) is 12.6 Å². The van der Waals surface area contributed by atoms with Crippen LogP contribution in [0.2, 0.25) is 0 Å². The van der Waals surface area contributed by atoms with Gasteiger partial charge in [-0.1, -0.05) is 17.4 Å². The molecule has 0 spiro atoms. The Balaban J connectivity index is 1.05. The Morgan fingerprint density at radius 2 is 1.92 bits per heavy atom. The highest BCUT2D eigenvalue weighted by atomic mass is 32.1. The number of likely N-dealkylation sites (tertiary alicyclic amines) is 1. The monoisotopic (exact) mass is 561 g/mol. The van der Waals surface area contributed by atoms with Crippen molar-refractivity contribution in [3.8, 4) is 11.1 Å². The van der Waals surface area contributed by atoms with Crippen LogP contribution >= 0.6 is 11.3 Å². The van der Waals surface area contributed by atoms with Crippen LogP contribution in [0.25, 0.3) is 21.3 Å². The van der Waals surface area contributed by atoms with E-state index in [-0.39, 0.29) is 37.0 Å². The molecule has 2 aliphatic carbocycles. The molecule has 2 aromatic heterocycles. The van der Waals surface area contributed by atoms with Gasteiger partial charge in [-0.05, 0) is 69.2 Å². The molecule has 8 nitrogen and oxygen atoms in total. The zero-order valence-electron chi connectivity index (χ0n) is 21.2. The molecule has 39 heavy (non-hydrogen) atoms. The second kappa shape index (κ2) is 10.7. The van der Waals surface area contributed by atoms with E-state index in [4.69, 9.17) is 4.74 Å². The summed E-state index contributed by atoms with van der Waals surface area (Å²) in [5.74, 6) is 0.0619. The van der Waals surface area contributed by atoms with Crippen molar-refractivity contribution in [1.29, 1.82) is 0 Å². The predicted molar refractivity (Wildman–Crippen MR) is 140 cm³/mol. The van der Waals surface area contributed by atoms with E-state index >= 15 is 0 Å². The van der Waals surface area contributed by atoms with Gasteiger partial charge in [0, 0.05) is 29.9 Å². The summed E-state index contributed by atoms with van der Waals surface area (Å²) >= 11 is 1.36. The molecule has 1 aliphatic heterocycles. The molecule has 0 radical (unpaired) electrons. The van der Waals surface area contributed by atoms with Crippen molar-refractivity contribution in [2.75, 3.05) is 11.9 Å². The average Bonchev–Trinajstić information content (AvgIpc) is 3.61. The summed E-state index contributed by atoms with van der Waals surface area (Å²) in [4.78, 5) is 27.6. The van der Waals surface area contributed by atoms with E-state index in [2.05, 4.69) is 20.3 Å². The van der Waals surface area contributed by atoms with Gasteiger partial charge < -0.3 is 15.2 Å². The number of thiazole rings is 1. The van der Waals surface area contributed by atoms with Crippen molar-refractivity contribution in [2.45, 2.75) is 82.0 Å². The predicted octanol–water partition coefficient (Wildman–Crippen LogP) is 4.93. The third-order valence-corrected chi connectivity index (χ3v) is 9.06. The molecule has 2 N–H and O–H groups in total. The number of amides is 1. The minimum atomic E-state index is -4.22. The number of anilines is 1. The van der Waals surface area contributed by atoms with Gasteiger partial charge in [-0.25, -0.2) is 15.0 Å². The van der Waals surface area contributed by atoms with Crippen LogP contribution in [0.1, 0.15) is 50.8 Å². The van der Waals surface area contributed by atoms with Crippen molar-refractivity contribution < 1.29 is 27.8 Å². The molecule has 1 amide bonds. The van der Waals surface area contributed by atoms with Crippen LogP contribution in [0.15, 0.2) is 30.6 Å². The molecule has 208 valence electrons. The summed E-state index contributed by atoms with van der Waals surface area (Å²) < 4.78 is 46.5. The Hall–Kier alpha value is -2.67. The number of nitrogens with one attached hydrogen (secondary N) is 1. The number of halogens is 3. The zero-order chi connectivity index (χ0) is 27.1. The highest BCUT2D eigenvalue weighted by Crippen LogP contribution is 2.41. The van der Waals surface area contributed by atoms with Crippen LogP contribution < -0.4 is 5.32 Å². The first-order valence-electron chi connectivity index (χ1n) is 13.4. The van der Waals surface area contributed by atoms with Crippen LogP contribution in [0.3, 0.4) is 0 Å². The first-order valence-corrected chi connectivity index (χ1v) is 14.2. The molecule has 12 heteroatoms. The van der Waals surface area contributed by atoms with Crippen LogP contribution in [0.4, 0.5) is 18.3 Å². The SMILES string of the molecule is O=C(Nc1nc2ccc(-c3cnc(CO[C@H]4CCC[C@@H]4O)nc3)cc2s1)C1CC(N2CCC[C@H]2C(F)(F)F)C1. The Morgan fingerprint density at radius 1 is 1.13 bits per heavy atom. The highest BCUT2D eigenvalue weighted by Gasteiger charge is 2.51. The number of carbonyl (C=O) groups excluding carboxylic acids is 1. The second-order valence-electron chi connectivity index (χ2n) is 10.7. The number of aliphatic hydroxyl groups excluding tert-OH is 1. The van der Waals surface area contributed by atoms with Gasteiger partial charge >= 0.3 is 6.18 Å². The van der Waals surface area contributed by atoms with Gasteiger partial charge in [-0.2, -0.15) is 13.2 Å². The Morgan fingerprint density at radius 3 is 2.64 bits per heavy atom. The number of hydrogen-bond donors (Lipinski definition) is 2. The molecule has 3 aliphatic rings. The number of aliphatic hydroxyl groups is 1. The summed E-state index contributed by atoms with van der Waals surface area (Å²) in [5.41, 5.74) is 2.49. The number of ether oxygens (including phenoxy) is 1.